The van der Waals surface area contributed by atoms with E-state index in [1.165, 1.54) is 30.0 Å². The normalized spacial score (nSPS) is 15.8. The van der Waals surface area contributed by atoms with E-state index < -0.39 is 26.8 Å². The number of hydrogen-bond donors (Lipinski definition) is 1. The van der Waals surface area contributed by atoms with Crippen LogP contribution < -0.4 is 9.62 Å². The molecule has 1 unspecified atom stereocenters. The molecular formula is C20H25FN4O3S2. The van der Waals surface area contributed by atoms with Crippen molar-refractivity contribution in [1.82, 2.24) is 14.6 Å². The largest absolute Gasteiger partial charge is 0.353 e. The van der Waals surface area contributed by atoms with Gasteiger partial charge in [-0.1, -0.05) is 18.2 Å². The summed E-state index contributed by atoms with van der Waals surface area (Å²) in [7, 11) is -4.16. The van der Waals surface area contributed by atoms with Gasteiger partial charge in [-0.25, -0.2) is 17.8 Å². The van der Waals surface area contributed by atoms with Crippen LogP contribution in [0, 0.1) is 5.82 Å². The van der Waals surface area contributed by atoms with E-state index in [9.17, 15) is 17.6 Å². The number of aromatic nitrogens is 1. The summed E-state index contributed by atoms with van der Waals surface area (Å²) in [6.45, 7) is 2.15. The molecule has 2 aromatic rings. The van der Waals surface area contributed by atoms with Crippen molar-refractivity contribution in [3.8, 4) is 0 Å². The van der Waals surface area contributed by atoms with Crippen molar-refractivity contribution in [3.05, 3.63) is 54.5 Å². The van der Waals surface area contributed by atoms with Crippen molar-refractivity contribution < 1.29 is 17.6 Å². The molecule has 1 aliphatic rings. The van der Waals surface area contributed by atoms with Crippen molar-refractivity contribution >= 4 is 33.5 Å². The number of anilines is 1. The number of nitrogens with zero attached hydrogens (tertiary/aromatic N) is 3. The van der Waals surface area contributed by atoms with Crippen LogP contribution in [0.5, 0.6) is 0 Å². The van der Waals surface area contributed by atoms with E-state index in [1.807, 2.05) is 24.5 Å². The summed E-state index contributed by atoms with van der Waals surface area (Å²) < 4.78 is 41.9. The minimum Gasteiger partial charge on any atom is -0.353 e. The van der Waals surface area contributed by atoms with Crippen LogP contribution in [0.4, 0.5) is 10.2 Å². The third-order valence-corrected chi connectivity index (χ3v) is 7.05. The number of carbonyl (C=O) groups is 1. The van der Waals surface area contributed by atoms with Gasteiger partial charge in [0.15, 0.2) is 0 Å². The Morgan fingerprint density at radius 3 is 2.50 bits per heavy atom. The van der Waals surface area contributed by atoms with Crippen LogP contribution in [0.3, 0.4) is 0 Å². The Kier molecular flexibility index (Phi) is 7.68. The van der Waals surface area contributed by atoms with E-state index in [0.717, 1.165) is 11.9 Å². The third-order valence-electron chi connectivity index (χ3n) is 4.90. The maximum absolute atomic E-state index is 14.0. The summed E-state index contributed by atoms with van der Waals surface area (Å²) >= 11 is 1.52. The second kappa shape index (κ2) is 10.2. The number of carbonyl (C=O) groups excluding carboxylic acids is 1. The van der Waals surface area contributed by atoms with Gasteiger partial charge in [0.2, 0.25) is 15.9 Å². The summed E-state index contributed by atoms with van der Waals surface area (Å²) in [5.74, 6) is 0.322. The van der Waals surface area contributed by atoms with Gasteiger partial charge < -0.3 is 9.80 Å². The monoisotopic (exact) mass is 452 g/mol. The van der Waals surface area contributed by atoms with Gasteiger partial charge in [0.25, 0.3) is 0 Å². The van der Waals surface area contributed by atoms with Gasteiger partial charge >= 0.3 is 0 Å². The van der Waals surface area contributed by atoms with E-state index in [4.69, 9.17) is 0 Å². The van der Waals surface area contributed by atoms with Gasteiger partial charge in [-0.15, -0.1) is 0 Å². The summed E-state index contributed by atoms with van der Waals surface area (Å²) in [6.07, 6.45) is 3.94. The molecule has 0 aliphatic carbocycles. The second-order valence-corrected chi connectivity index (χ2v) is 9.55. The highest BCUT2D eigenvalue weighted by Gasteiger charge is 2.32. The number of amides is 1. The molecule has 30 heavy (non-hydrogen) atoms. The number of sulfonamides is 1. The topological polar surface area (TPSA) is 82.6 Å². The van der Waals surface area contributed by atoms with E-state index in [1.54, 1.807) is 11.1 Å². The predicted molar refractivity (Wildman–Crippen MR) is 117 cm³/mol. The summed E-state index contributed by atoms with van der Waals surface area (Å²) in [5, 5.41) is 0. The fraction of sp³-hybridized carbons (Fsp3) is 0.400. The number of piperazine rings is 1. The van der Waals surface area contributed by atoms with Gasteiger partial charge in [0.1, 0.15) is 22.6 Å². The number of pyridine rings is 1. The van der Waals surface area contributed by atoms with Crippen LogP contribution in [-0.2, 0) is 14.8 Å². The number of benzene rings is 1. The second-order valence-electron chi connectivity index (χ2n) is 6.89. The third kappa shape index (κ3) is 5.50. The zero-order chi connectivity index (χ0) is 21.6. The molecule has 3 rings (SSSR count). The Hall–Kier alpha value is -2.17. The smallest absolute Gasteiger partial charge is 0.244 e. The van der Waals surface area contributed by atoms with Crippen LogP contribution in [0.15, 0.2) is 53.6 Å². The van der Waals surface area contributed by atoms with Crippen LogP contribution in [0.1, 0.15) is 6.42 Å². The van der Waals surface area contributed by atoms with Crippen LogP contribution in [-0.4, -0.2) is 68.4 Å². The fourth-order valence-electron chi connectivity index (χ4n) is 3.30. The molecule has 1 saturated heterocycles. The highest BCUT2D eigenvalue weighted by atomic mass is 32.2. The van der Waals surface area contributed by atoms with Crippen molar-refractivity contribution in [1.29, 1.82) is 0 Å². The molecule has 0 radical (unpaired) electrons. The lowest BCUT2D eigenvalue weighted by molar-refractivity contribution is -0.133. The Morgan fingerprint density at radius 1 is 1.17 bits per heavy atom. The van der Waals surface area contributed by atoms with E-state index >= 15 is 0 Å². The molecule has 1 atom stereocenters. The molecule has 10 heteroatoms. The van der Waals surface area contributed by atoms with Gasteiger partial charge in [-0.3, -0.25) is 4.79 Å². The van der Waals surface area contributed by atoms with Gasteiger partial charge in [0.05, 0.1) is 0 Å². The molecular weight excluding hydrogens is 427 g/mol. The SMILES string of the molecule is CSCCC(NS(=O)(=O)c1ccccc1F)C(=O)N1CCN(c2ccccn2)CC1. The van der Waals surface area contributed by atoms with E-state index in [-0.39, 0.29) is 5.91 Å². The molecule has 1 fully saturated rings. The highest BCUT2D eigenvalue weighted by molar-refractivity contribution is 7.98. The molecule has 0 bridgehead atoms. The quantitative estimate of drug-likeness (QED) is 0.660. The van der Waals surface area contributed by atoms with Crippen molar-refractivity contribution in [2.75, 3.05) is 43.1 Å². The Labute approximate surface area is 180 Å². The minimum atomic E-state index is -4.16. The maximum atomic E-state index is 14.0. The molecule has 1 N–H and O–H groups in total. The molecule has 0 saturated carbocycles. The number of nitrogens with one attached hydrogen (secondary N) is 1. The van der Waals surface area contributed by atoms with Crippen LogP contribution in [0.25, 0.3) is 0 Å². The lowest BCUT2D eigenvalue weighted by atomic mass is 10.2. The summed E-state index contributed by atoms with van der Waals surface area (Å²) in [5.41, 5.74) is 0. The highest BCUT2D eigenvalue weighted by Crippen LogP contribution is 2.17. The summed E-state index contributed by atoms with van der Waals surface area (Å²) in [4.78, 5) is 20.7. The van der Waals surface area contributed by atoms with E-state index in [0.29, 0.717) is 38.4 Å². The maximum Gasteiger partial charge on any atom is 0.244 e. The van der Waals surface area contributed by atoms with E-state index in [2.05, 4.69) is 14.6 Å². The molecule has 1 amide bonds. The molecule has 162 valence electrons. The van der Waals surface area contributed by atoms with Crippen molar-refractivity contribution in [2.45, 2.75) is 17.4 Å². The average molecular weight is 453 g/mol. The molecule has 7 nitrogen and oxygen atoms in total. The zero-order valence-corrected chi connectivity index (χ0v) is 18.3. The Balaban J connectivity index is 1.69. The van der Waals surface area contributed by atoms with Crippen LogP contribution in [0.2, 0.25) is 0 Å². The van der Waals surface area contributed by atoms with Crippen molar-refractivity contribution in [3.63, 3.8) is 0 Å². The molecule has 1 aromatic carbocycles. The first-order valence-corrected chi connectivity index (χ1v) is 12.5. The zero-order valence-electron chi connectivity index (χ0n) is 16.7. The first-order valence-electron chi connectivity index (χ1n) is 9.63. The van der Waals surface area contributed by atoms with Gasteiger partial charge in [-0.05, 0) is 42.7 Å². The summed E-state index contributed by atoms with van der Waals surface area (Å²) in [6, 6.07) is 9.89. The van der Waals surface area contributed by atoms with Crippen molar-refractivity contribution in [2.24, 2.45) is 0 Å². The van der Waals surface area contributed by atoms with Gasteiger partial charge in [0, 0.05) is 32.4 Å². The lowest BCUT2D eigenvalue weighted by Gasteiger charge is -2.37. The number of halogens is 1. The number of thioether (sulfide) groups is 1. The first kappa shape index (κ1) is 22.5. The lowest BCUT2D eigenvalue weighted by Crippen LogP contribution is -2.55. The Bertz CT molecular complexity index is 952. The van der Waals surface area contributed by atoms with Gasteiger partial charge in [-0.2, -0.15) is 16.5 Å². The predicted octanol–water partition coefficient (Wildman–Crippen LogP) is 1.97. The average Bonchev–Trinajstić information content (AvgIpc) is 2.77. The number of hydrogen-bond acceptors (Lipinski definition) is 6. The molecule has 0 spiro atoms. The Morgan fingerprint density at radius 2 is 1.87 bits per heavy atom. The molecule has 1 aromatic heterocycles. The fourth-order valence-corrected chi connectivity index (χ4v) is 5.07. The molecule has 2 heterocycles. The standard InChI is InChI=1S/C20H25FN4O3S2/c1-29-15-9-17(23-30(27,28)18-7-3-2-6-16(18)21)20(26)25-13-11-24(12-14-25)19-8-4-5-10-22-19/h2-8,10,17,23H,9,11-15H2,1H3. The van der Waals surface area contributed by atoms with Crippen LogP contribution >= 0.6 is 11.8 Å². The number of rotatable bonds is 8. The first-order chi connectivity index (χ1) is 14.4. The molecule has 1 aliphatic heterocycles. The minimum absolute atomic E-state index is 0.287.